The van der Waals surface area contributed by atoms with Crippen LogP contribution in [-0.4, -0.2) is 43.8 Å². The van der Waals surface area contributed by atoms with Crippen molar-refractivity contribution in [3.63, 3.8) is 0 Å². The van der Waals surface area contributed by atoms with Gasteiger partial charge in [-0.3, -0.25) is 13.9 Å². The van der Waals surface area contributed by atoms with Crippen LogP contribution in [0.4, 0.5) is 18.9 Å². The van der Waals surface area contributed by atoms with E-state index in [0.29, 0.717) is 20.4 Å². The fraction of sp³-hybridized carbons (Fsp3) is 0.257. The number of benzene rings is 4. The third kappa shape index (κ3) is 9.39. The van der Waals surface area contributed by atoms with Crippen molar-refractivity contribution in [2.75, 3.05) is 10.8 Å². The van der Waals surface area contributed by atoms with Crippen molar-refractivity contribution >= 4 is 55.1 Å². The molecule has 4 rings (SSSR count). The predicted octanol–water partition coefficient (Wildman–Crippen LogP) is 7.79. The van der Waals surface area contributed by atoms with E-state index in [1.807, 2.05) is 6.07 Å². The van der Waals surface area contributed by atoms with Crippen LogP contribution in [0.2, 0.25) is 5.02 Å². The van der Waals surface area contributed by atoms with E-state index in [9.17, 15) is 31.2 Å². The van der Waals surface area contributed by atoms with Crippen LogP contribution in [0.15, 0.2) is 106 Å². The van der Waals surface area contributed by atoms with E-state index in [1.165, 1.54) is 17.0 Å². The zero-order chi connectivity index (χ0) is 35.2. The van der Waals surface area contributed by atoms with E-state index in [0.717, 1.165) is 23.3 Å². The van der Waals surface area contributed by atoms with Gasteiger partial charge in [-0.2, -0.15) is 13.2 Å². The Morgan fingerprint density at radius 1 is 0.896 bits per heavy atom. The minimum absolute atomic E-state index is 0.0863. The van der Waals surface area contributed by atoms with Gasteiger partial charge < -0.3 is 10.2 Å². The van der Waals surface area contributed by atoms with Crippen molar-refractivity contribution in [3.8, 4) is 0 Å². The first kappa shape index (κ1) is 37.0. The molecule has 7 nitrogen and oxygen atoms in total. The summed E-state index contributed by atoms with van der Waals surface area (Å²) in [7, 11) is -4.61. The molecule has 0 unspecified atom stereocenters. The summed E-state index contributed by atoms with van der Waals surface area (Å²) in [5, 5.41) is 2.23. The maximum atomic E-state index is 14.5. The van der Waals surface area contributed by atoms with Crippen LogP contribution in [0, 0.1) is 6.92 Å². The van der Waals surface area contributed by atoms with Gasteiger partial charge in [0.25, 0.3) is 10.0 Å². The zero-order valence-electron chi connectivity index (χ0n) is 26.3. The van der Waals surface area contributed by atoms with E-state index in [1.54, 1.807) is 81.4 Å². The van der Waals surface area contributed by atoms with Gasteiger partial charge in [0.2, 0.25) is 11.8 Å². The molecule has 1 N–H and O–H groups in total. The maximum absolute atomic E-state index is 14.5. The molecule has 0 spiro atoms. The molecule has 0 aliphatic heterocycles. The number of hydrogen-bond donors (Lipinski definition) is 1. The molecule has 1 atom stereocenters. The molecule has 0 aromatic heterocycles. The zero-order valence-corrected chi connectivity index (χ0v) is 29.5. The van der Waals surface area contributed by atoms with Gasteiger partial charge in [0.1, 0.15) is 12.6 Å². The standard InChI is InChI=1S/C35H34BrClF3N3O4S/c1-23(2)41-34(45)32(19-25-8-5-4-6-9-25)42(21-26-10-7-11-27(36)18-26)33(44)22-43(48(46,47)29-15-12-24(3)13-16-29)28-14-17-31(37)30(20-28)35(38,39)40/h4-18,20,23,32H,19,21-22H2,1-3H3,(H,41,45)/t32-/m1/s1. The SMILES string of the molecule is Cc1ccc(S(=O)(=O)N(CC(=O)N(Cc2cccc(Br)c2)[C@H](Cc2ccccc2)C(=O)NC(C)C)c2ccc(Cl)c(C(F)(F)F)c2)cc1. The minimum atomic E-state index is -4.90. The molecule has 254 valence electrons. The summed E-state index contributed by atoms with van der Waals surface area (Å²) in [6, 6.07) is 23.0. The highest BCUT2D eigenvalue weighted by Crippen LogP contribution is 2.38. The number of alkyl halides is 3. The van der Waals surface area contributed by atoms with Gasteiger partial charge in [-0.1, -0.05) is 87.7 Å². The summed E-state index contributed by atoms with van der Waals surface area (Å²) in [6.45, 7) is 4.28. The first-order valence-electron chi connectivity index (χ1n) is 14.9. The molecule has 2 amide bonds. The highest BCUT2D eigenvalue weighted by atomic mass is 79.9. The second-order valence-electron chi connectivity index (χ2n) is 11.5. The molecule has 48 heavy (non-hydrogen) atoms. The fourth-order valence-electron chi connectivity index (χ4n) is 5.02. The lowest BCUT2D eigenvalue weighted by Crippen LogP contribution is -2.54. The van der Waals surface area contributed by atoms with Crippen LogP contribution < -0.4 is 9.62 Å². The van der Waals surface area contributed by atoms with E-state index in [4.69, 9.17) is 11.6 Å². The first-order chi connectivity index (χ1) is 22.6. The van der Waals surface area contributed by atoms with Crippen LogP contribution in [-0.2, 0) is 38.8 Å². The molecule has 4 aromatic rings. The number of rotatable bonds is 12. The highest BCUT2D eigenvalue weighted by Gasteiger charge is 2.37. The number of aryl methyl sites for hydroxylation is 1. The third-order valence-corrected chi connectivity index (χ3v) is 9.99. The Kier molecular flexibility index (Phi) is 12.0. The molecule has 4 aromatic carbocycles. The fourth-order valence-corrected chi connectivity index (χ4v) is 7.10. The monoisotopic (exact) mass is 763 g/mol. The van der Waals surface area contributed by atoms with Gasteiger partial charge in [0.05, 0.1) is 21.2 Å². The predicted molar refractivity (Wildman–Crippen MR) is 184 cm³/mol. The number of carbonyl (C=O) groups is 2. The molecule has 0 bridgehead atoms. The van der Waals surface area contributed by atoms with Gasteiger partial charge in [0.15, 0.2) is 0 Å². The van der Waals surface area contributed by atoms with Crippen LogP contribution in [0.5, 0.6) is 0 Å². The molecule has 13 heteroatoms. The summed E-state index contributed by atoms with van der Waals surface area (Å²) < 4.78 is 71.5. The summed E-state index contributed by atoms with van der Waals surface area (Å²) in [6.07, 6.45) is -4.82. The third-order valence-electron chi connectivity index (χ3n) is 7.38. The van der Waals surface area contributed by atoms with Crippen LogP contribution in [0.3, 0.4) is 0 Å². The average Bonchev–Trinajstić information content (AvgIpc) is 3.01. The van der Waals surface area contributed by atoms with E-state index in [2.05, 4.69) is 21.2 Å². The summed E-state index contributed by atoms with van der Waals surface area (Å²) >= 11 is 9.30. The van der Waals surface area contributed by atoms with Gasteiger partial charge >= 0.3 is 6.18 Å². The Bertz CT molecular complexity index is 1860. The van der Waals surface area contributed by atoms with Crippen LogP contribution >= 0.6 is 27.5 Å². The van der Waals surface area contributed by atoms with E-state index >= 15 is 0 Å². The molecule has 0 aliphatic rings. The summed E-state index contributed by atoms with van der Waals surface area (Å²) in [4.78, 5) is 29.3. The minimum Gasteiger partial charge on any atom is -0.352 e. The maximum Gasteiger partial charge on any atom is 0.417 e. The Balaban J connectivity index is 1.87. The smallest absolute Gasteiger partial charge is 0.352 e. The van der Waals surface area contributed by atoms with E-state index in [-0.39, 0.29) is 23.9 Å². The van der Waals surface area contributed by atoms with Gasteiger partial charge in [-0.25, -0.2) is 8.42 Å². The van der Waals surface area contributed by atoms with Crippen LogP contribution in [0.25, 0.3) is 0 Å². The van der Waals surface area contributed by atoms with Crippen molar-refractivity contribution < 1.29 is 31.2 Å². The summed E-state index contributed by atoms with van der Waals surface area (Å²) in [5.41, 5.74) is 0.441. The number of halogens is 5. The Morgan fingerprint density at radius 2 is 1.54 bits per heavy atom. The first-order valence-corrected chi connectivity index (χ1v) is 17.5. The lowest BCUT2D eigenvalue weighted by molar-refractivity contribution is -0.140. The molecule has 0 saturated heterocycles. The molecular formula is C35H34BrClF3N3O4S. The van der Waals surface area contributed by atoms with Crippen LogP contribution in [0.1, 0.15) is 36.1 Å². The Hall–Kier alpha value is -3.87. The molecule has 0 fully saturated rings. The number of anilines is 1. The second kappa shape index (κ2) is 15.6. The number of nitrogens with one attached hydrogen (secondary N) is 1. The Morgan fingerprint density at radius 3 is 2.15 bits per heavy atom. The molecule has 0 radical (unpaired) electrons. The summed E-state index contributed by atoms with van der Waals surface area (Å²) in [5.74, 6) is -1.29. The lowest BCUT2D eigenvalue weighted by Gasteiger charge is -2.34. The Labute approximate surface area is 291 Å². The normalized spacial score (nSPS) is 12.4. The second-order valence-corrected chi connectivity index (χ2v) is 14.7. The molecular weight excluding hydrogens is 731 g/mol. The number of sulfonamides is 1. The average molecular weight is 765 g/mol. The van der Waals surface area contributed by atoms with Crippen molar-refractivity contribution in [3.05, 3.63) is 129 Å². The lowest BCUT2D eigenvalue weighted by atomic mass is 10.0. The number of nitrogens with zero attached hydrogens (tertiary/aromatic N) is 2. The largest absolute Gasteiger partial charge is 0.417 e. The van der Waals surface area contributed by atoms with Crippen molar-refractivity contribution in [1.29, 1.82) is 0 Å². The van der Waals surface area contributed by atoms with Gasteiger partial charge in [-0.15, -0.1) is 0 Å². The number of hydrogen-bond acceptors (Lipinski definition) is 4. The van der Waals surface area contributed by atoms with Gasteiger partial charge in [0, 0.05) is 23.5 Å². The van der Waals surface area contributed by atoms with Crippen molar-refractivity contribution in [2.45, 2.75) is 56.9 Å². The topological polar surface area (TPSA) is 86.8 Å². The number of amides is 2. The quantitative estimate of drug-likeness (QED) is 0.160. The molecule has 0 heterocycles. The van der Waals surface area contributed by atoms with Crippen molar-refractivity contribution in [2.24, 2.45) is 0 Å². The van der Waals surface area contributed by atoms with Crippen molar-refractivity contribution in [1.82, 2.24) is 10.2 Å². The van der Waals surface area contributed by atoms with Gasteiger partial charge in [-0.05, 0) is 74.4 Å². The molecule has 0 aliphatic carbocycles. The highest BCUT2D eigenvalue weighted by molar-refractivity contribution is 9.10. The van der Waals surface area contributed by atoms with E-state index < -0.39 is 56.9 Å². The number of carbonyl (C=O) groups excluding carboxylic acids is 2. The molecule has 0 saturated carbocycles.